The van der Waals surface area contributed by atoms with Gasteiger partial charge in [0, 0.05) is 22.2 Å². The molecule has 184 valence electrons. The molecule has 2 aromatic carbocycles. The Labute approximate surface area is 216 Å². The summed E-state index contributed by atoms with van der Waals surface area (Å²) in [6.07, 6.45) is 1.24. The molecule has 3 rings (SSSR count). The van der Waals surface area contributed by atoms with Crippen LogP contribution in [-0.2, 0) is 29.0 Å². The van der Waals surface area contributed by atoms with Crippen LogP contribution in [0.3, 0.4) is 0 Å². The van der Waals surface area contributed by atoms with Crippen molar-refractivity contribution >= 4 is 52.0 Å². The molecule has 0 radical (unpaired) electrons. The van der Waals surface area contributed by atoms with E-state index in [0.717, 1.165) is 29.4 Å². The maximum atomic E-state index is 12.7. The summed E-state index contributed by atoms with van der Waals surface area (Å²) >= 11 is 13.3. The van der Waals surface area contributed by atoms with Gasteiger partial charge in [0.25, 0.3) is 5.24 Å². The Kier molecular flexibility index (Phi) is 10.1. The van der Waals surface area contributed by atoms with Crippen molar-refractivity contribution in [3.05, 3.63) is 75.5 Å². The second-order valence-electron chi connectivity index (χ2n) is 7.60. The highest BCUT2D eigenvalue weighted by Crippen LogP contribution is 2.25. The number of amides is 1. The smallest absolute Gasteiger partial charge is 0.305 e. The van der Waals surface area contributed by atoms with Crippen molar-refractivity contribution in [3.63, 3.8) is 0 Å². The lowest BCUT2D eigenvalue weighted by Gasteiger charge is -2.15. The fraction of sp³-hybridized carbons (Fsp3) is 0.304. The number of carboxylic acids is 1. The van der Waals surface area contributed by atoms with E-state index in [2.05, 4.69) is 20.7 Å². The molecule has 0 aliphatic carbocycles. The molecule has 0 saturated carbocycles. The zero-order chi connectivity index (χ0) is 25.2. The number of tetrazole rings is 1. The lowest BCUT2D eigenvalue weighted by Crippen LogP contribution is -2.42. The molecular formula is C23H23Cl2N5O4S. The van der Waals surface area contributed by atoms with E-state index in [-0.39, 0.29) is 13.0 Å². The van der Waals surface area contributed by atoms with Crippen LogP contribution >= 0.6 is 35.0 Å². The number of aliphatic carboxylic acids is 1. The molecule has 0 bridgehead atoms. The summed E-state index contributed by atoms with van der Waals surface area (Å²) < 4.78 is 0. The Balaban J connectivity index is 1.52. The van der Waals surface area contributed by atoms with Crippen molar-refractivity contribution in [2.24, 2.45) is 0 Å². The zero-order valence-electron chi connectivity index (χ0n) is 18.6. The van der Waals surface area contributed by atoms with Gasteiger partial charge in [0.1, 0.15) is 12.6 Å². The number of aromatic nitrogens is 4. The van der Waals surface area contributed by atoms with Gasteiger partial charge in [-0.2, -0.15) is 4.80 Å². The number of carbonyl (C=O) groups excluding carboxylic acids is 2. The van der Waals surface area contributed by atoms with Gasteiger partial charge in [-0.15, -0.1) is 10.2 Å². The van der Waals surface area contributed by atoms with Gasteiger partial charge in [-0.25, -0.2) is 0 Å². The number of benzene rings is 2. The number of hydrogen-bond acceptors (Lipinski definition) is 7. The molecule has 0 spiro atoms. The Morgan fingerprint density at radius 2 is 1.77 bits per heavy atom. The molecule has 0 saturated heterocycles. The molecule has 0 fully saturated rings. The molecular weight excluding hydrogens is 513 g/mol. The van der Waals surface area contributed by atoms with Gasteiger partial charge in [0.15, 0.2) is 11.6 Å². The van der Waals surface area contributed by atoms with Gasteiger partial charge in [0.2, 0.25) is 0 Å². The molecule has 1 amide bonds. The van der Waals surface area contributed by atoms with Crippen molar-refractivity contribution in [2.45, 2.75) is 38.3 Å². The Morgan fingerprint density at radius 1 is 1.06 bits per heavy atom. The van der Waals surface area contributed by atoms with Gasteiger partial charge in [0.05, 0.1) is 6.42 Å². The minimum Gasteiger partial charge on any atom is -0.481 e. The first-order chi connectivity index (χ1) is 16.8. The van der Waals surface area contributed by atoms with E-state index in [1.165, 1.54) is 5.56 Å². The number of ketones is 1. The fourth-order valence-electron chi connectivity index (χ4n) is 3.21. The zero-order valence-corrected chi connectivity index (χ0v) is 20.9. The number of rotatable bonds is 12. The highest BCUT2D eigenvalue weighted by molar-refractivity contribution is 8.13. The number of Topliss-reactive ketones (excluding diaryl/α,β-unsaturated/α-hetero) is 1. The predicted molar refractivity (Wildman–Crippen MR) is 134 cm³/mol. The highest BCUT2D eigenvalue weighted by Gasteiger charge is 2.25. The van der Waals surface area contributed by atoms with Gasteiger partial charge < -0.3 is 10.4 Å². The number of carboxylic acid groups (broad SMARTS) is 1. The van der Waals surface area contributed by atoms with Crippen LogP contribution < -0.4 is 5.32 Å². The third kappa shape index (κ3) is 8.65. The first-order valence-electron chi connectivity index (χ1n) is 10.7. The second-order valence-corrected chi connectivity index (χ2v) is 9.48. The summed E-state index contributed by atoms with van der Waals surface area (Å²) in [6, 6.07) is 13.8. The monoisotopic (exact) mass is 535 g/mol. The third-order valence-electron chi connectivity index (χ3n) is 4.93. The largest absolute Gasteiger partial charge is 0.481 e. The molecule has 0 aliphatic rings. The first-order valence-corrected chi connectivity index (χ1v) is 12.5. The molecule has 0 aliphatic heterocycles. The lowest BCUT2D eigenvalue weighted by molar-refractivity contribution is -0.139. The van der Waals surface area contributed by atoms with E-state index in [1.54, 1.807) is 18.2 Å². The maximum Gasteiger partial charge on any atom is 0.305 e. The van der Waals surface area contributed by atoms with Gasteiger partial charge in [-0.1, -0.05) is 71.4 Å². The van der Waals surface area contributed by atoms with E-state index >= 15 is 0 Å². The molecule has 3 aromatic rings. The predicted octanol–water partition coefficient (Wildman–Crippen LogP) is 4.06. The summed E-state index contributed by atoms with van der Waals surface area (Å²) in [5, 5.41) is 24.0. The standard InChI is InChI=1S/C23H23Cl2N5O4S/c24-17-9-4-10-18(25)16(17)12-21-27-29-30(28-21)14-20(31)19(13-22(32)33)26-23(34)35-11-5-8-15-6-2-1-3-7-15/h1-4,6-7,9-10,19H,5,8,11-14H2,(H,26,34)(H,32,33). The number of nitrogens with one attached hydrogen (secondary N) is 1. The molecule has 12 heteroatoms. The van der Waals surface area contributed by atoms with Crippen molar-refractivity contribution in [1.29, 1.82) is 0 Å². The van der Waals surface area contributed by atoms with Crippen LogP contribution in [0.25, 0.3) is 0 Å². The van der Waals surface area contributed by atoms with Crippen molar-refractivity contribution in [3.8, 4) is 0 Å². The Hall–Kier alpha value is -2.95. The van der Waals surface area contributed by atoms with Gasteiger partial charge >= 0.3 is 5.97 Å². The van der Waals surface area contributed by atoms with E-state index in [1.807, 2.05) is 30.3 Å². The van der Waals surface area contributed by atoms with E-state index in [0.29, 0.717) is 27.2 Å². The SMILES string of the molecule is O=C(O)CC(NC(=O)SCCCc1ccccc1)C(=O)Cn1nnc(Cc2c(Cl)cccc2Cl)n1. The molecule has 2 N–H and O–H groups in total. The quantitative estimate of drug-likeness (QED) is 0.332. The lowest BCUT2D eigenvalue weighted by atomic mass is 10.1. The highest BCUT2D eigenvalue weighted by atomic mass is 35.5. The summed E-state index contributed by atoms with van der Waals surface area (Å²) in [5.74, 6) is -0.933. The Bertz CT molecular complexity index is 1160. The minimum absolute atomic E-state index is 0.210. The summed E-state index contributed by atoms with van der Waals surface area (Å²) in [5.41, 5.74) is 1.80. The molecule has 1 heterocycles. The average molecular weight is 536 g/mol. The van der Waals surface area contributed by atoms with Crippen LogP contribution in [0.4, 0.5) is 4.79 Å². The third-order valence-corrected chi connectivity index (χ3v) is 6.51. The normalized spacial score (nSPS) is 11.7. The van der Waals surface area contributed by atoms with Crippen LogP contribution in [-0.4, -0.2) is 54.1 Å². The van der Waals surface area contributed by atoms with E-state index in [4.69, 9.17) is 23.2 Å². The Morgan fingerprint density at radius 3 is 2.46 bits per heavy atom. The van der Waals surface area contributed by atoms with Crippen LogP contribution in [0.5, 0.6) is 0 Å². The minimum atomic E-state index is -1.21. The fourth-order valence-corrected chi connectivity index (χ4v) is 4.44. The number of carbonyl (C=O) groups is 3. The van der Waals surface area contributed by atoms with Crippen LogP contribution in [0.15, 0.2) is 48.5 Å². The molecule has 35 heavy (non-hydrogen) atoms. The van der Waals surface area contributed by atoms with Gasteiger partial charge in [-0.05, 0) is 41.3 Å². The van der Waals surface area contributed by atoms with Crippen molar-refractivity contribution in [1.82, 2.24) is 25.5 Å². The van der Waals surface area contributed by atoms with Gasteiger partial charge in [-0.3, -0.25) is 14.4 Å². The molecule has 1 unspecified atom stereocenters. The number of halogens is 2. The summed E-state index contributed by atoms with van der Waals surface area (Å²) in [7, 11) is 0. The second kappa shape index (κ2) is 13.2. The number of nitrogens with zero attached hydrogens (tertiary/aromatic N) is 4. The summed E-state index contributed by atoms with van der Waals surface area (Å²) in [6.45, 7) is -0.347. The first kappa shape index (κ1) is 26.7. The van der Waals surface area contributed by atoms with Crippen molar-refractivity contribution < 1.29 is 19.5 Å². The van der Waals surface area contributed by atoms with Crippen LogP contribution in [0, 0.1) is 0 Å². The summed E-state index contributed by atoms with van der Waals surface area (Å²) in [4.78, 5) is 37.3. The average Bonchev–Trinajstić information content (AvgIpc) is 3.26. The van der Waals surface area contributed by atoms with E-state index in [9.17, 15) is 19.5 Å². The van der Waals surface area contributed by atoms with E-state index < -0.39 is 29.5 Å². The van der Waals surface area contributed by atoms with Crippen LogP contribution in [0.2, 0.25) is 10.0 Å². The number of thioether (sulfide) groups is 1. The van der Waals surface area contributed by atoms with Crippen LogP contribution in [0.1, 0.15) is 29.8 Å². The van der Waals surface area contributed by atoms with Crippen molar-refractivity contribution in [2.75, 3.05) is 5.75 Å². The number of hydrogen-bond donors (Lipinski definition) is 2. The molecule has 9 nitrogen and oxygen atoms in total. The molecule has 1 aromatic heterocycles. The maximum absolute atomic E-state index is 12.7. The molecule has 1 atom stereocenters. The topological polar surface area (TPSA) is 127 Å². The number of aryl methyl sites for hydroxylation is 1.